The Hall–Kier alpha value is -1.06. The molecule has 0 bridgehead atoms. The molecule has 1 aliphatic carbocycles. The van der Waals surface area contributed by atoms with Crippen LogP contribution in [0.1, 0.15) is 35.3 Å². The lowest BCUT2D eigenvalue weighted by Crippen LogP contribution is -2.07. The van der Waals surface area contributed by atoms with Crippen LogP contribution in [0.4, 0.5) is 0 Å². The predicted molar refractivity (Wildman–Crippen MR) is 68.9 cm³/mol. The number of hydrogen-bond donors (Lipinski definition) is 1. The summed E-state index contributed by atoms with van der Waals surface area (Å²) in [5.41, 5.74) is 2.60. The first-order valence-corrected chi connectivity index (χ1v) is 6.55. The zero-order valence-electron chi connectivity index (χ0n) is 9.27. The van der Waals surface area contributed by atoms with Gasteiger partial charge in [-0.3, -0.25) is 0 Å². The van der Waals surface area contributed by atoms with Gasteiger partial charge in [-0.25, -0.2) is 0 Å². The Morgan fingerprint density at radius 1 is 1.29 bits per heavy atom. The van der Waals surface area contributed by atoms with Crippen LogP contribution in [-0.4, -0.2) is 5.11 Å². The first-order valence-electron chi connectivity index (χ1n) is 5.76. The number of benzene rings is 1. The lowest BCUT2D eigenvalue weighted by molar-refractivity contribution is 0.118. The summed E-state index contributed by atoms with van der Waals surface area (Å²) >= 11 is 3.40. The highest BCUT2D eigenvalue weighted by molar-refractivity contribution is 9.10. The van der Waals surface area contributed by atoms with E-state index in [1.807, 2.05) is 12.1 Å². The molecular weight excluding hydrogens is 280 g/mol. The molecule has 3 heteroatoms. The molecule has 0 saturated heterocycles. The topological polar surface area (TPSA) is 33.4 Å². The van der Waals surface area contributed by atoms with Crippen LogP contribution < -0.4 is 0 Å². The second kappa shape index (κ2) is 4.31. The first-order chi connectivity index (χ1) is 8.27. The minimum absolute atomic E-state index is 0.147. The second-order valence-corrected chi connectivity index (χ2v) is 5.28. The lowest BCUT2D eigenvalue weighted by atomic mass is 9.94. The van der Waals surface area contributed by atoms with Gasteiger partial charge in [-0.2, -0.15) is 0 Å². The van der Waals surface area contributed by atoms with Crippen molar-refractivity contribution in [3.63, 3.8) is 0 Å². The number of hydrogen-bond acceptors (Lipinski definition) is 2. The van der Waals surface area contributed by atoms with Crippen LogP contribution in [-0.2, 0) is 6.42 Å². The summed E-state index contributed by atoms with van der Waals surface area (Å²) in [6.07, 6.45) is 3.05. The van der Waals surface area contributed by atoms with E-state index in [-0.39, 0.29) is 5.92 Å². The summed E-state index contributed by atoms with van der Waals surface area (Å²) in [4.78, 5) is 0. The van der Waals surface area contributed by atoms with Crippen molar-refractivity contribution in [1.29, 1.82) is 0 Å². The number of halogens is 1. The van der Waals surface area contributed by atoms with Gasteiger partial charge in [0, 0.05) is 5.92 Å². The van der Waals surface area contributed by atoms with Crippen molar-refractivity contribution in [1.82, 2.24) is 0 Å². The summed E-state index contributed by atoms with van der Waals surface area (Å²) in [6, 6.07) is 10.1. The number of aryl methyl sites for hydroxylation is 1. The molecule has 1 N–H and O–H groups in total. The fourth-order valence-electron chi connectivity index (χ4n) is 2.62. The van der Waals surface area contributed by atoms with Crippen LogP contribution in [0.3, 0.4) is 0 Å². The number of furan rings is 1. The molecule has 1 aromatic heterocycles. The van der Waals surface area contributed by atoms with Gasteiger partial charge in [-0.15, -0.1) is 0 Å². The van der Waals surface area contributed by atoms with Crippen LogP contribution >= 0.6 is 15.9 Å². The molecule has 0 fully saturated rings. The van der Waals surface area contributed by atoms with E-state index in [0.717, 1.165) is 17.3 Å². The fourth-order valence-corrected chi connectivity index (χ4v) is 3.05. The molecule has 2 unspecified atom stereocenters. The maximum absolute atomic E-state index is 10.4. The monoisotopic (exact) mass is 292 g/mol. The van der Waals surface area contributed by atoms with Crippen LogP contribution in [0.15, 0.2) is 45.5 Å². The summed E-state index contributed by atoms with van der Waals surface area (Å²) in [6.45, 7) is 0. The van der Waals surface area contributed by atoms with E-state index >= 15 is 0 Å². The average Bonchev–Trinajstić information content (AvgIpc) is 2.94. The molecule has 0 aliphatic heterocycles. The summed E-state index contributed by atoms with van der Waals surface area (Å²) < 4.78 is 6.20. The van der Waals surface area contributed by atoms with Crippen molar-refractivity contribution in [3.8, 4) is 0 Å². The third-order valence-electron chi connectivity index (χ3n) is 3.47. The molecular formula is C14H13BrO2. The third-order valence-corrected chi connectivity index (χ3v) is 4.13. The molecule has 2 atom stereocenters. The number of aliphatic hydroxyl groups excluding tert-OH is 1. The van der Waals surface area contributed by atoms with Crippen molar-refractivity contribution in [2.45, 2.75) is 24.9 Å². The zero-order chi connectivity index (χ0) is 11.8. The Kier molecular flexibility index (Phi) is 2.81. The van der Waals surface area contributed by atoms with Crippen molar-refractivity contribution < 1.29 is 9.52 Å². The van der Waals surface area contributed by atoms with Crippen molar-refractivity contribution in [2.75, 3.05) is 0 Å². The molecule has 0 saturated carbocycles. The van der Waals surface area contributed by atoms with Gasteiger partial charge in [0.15, 0.2) is 0 Å². The number of aliphatic hydroxyl groups is 1. The van der Waals surface area contributed by atoms with Gasteiger partial charge in [0.1, 0.15) is 11.9 Å². The van der Waals surface area contributed by atoms with Crippen LogP contribution in [0.5, 0.6) is 0 Å². The fraction of sp³-hybridized carbons (Fsp3) is 0.286. The van der Waals surface area contributed by atoms with Gasteiger partial charge in [0.2, 0.25) is 0 Å². The Labute approximate surface area is 108 Å². The molecule has 1 aromatic carbocycles. The highest BCUT2D eigenvalue weighted by atomic mass is 79.9. The van der Waals surface area contributed by atoms with Crippen LogP contribution in [0, 0.1) is 0 Å². The minimum atomic E-state index is -0.567. The van der Waals surface area contributed by atoms with E-state index in [4.69, 9.17) is 4.42 Å². The standard InChI is InChI=1S/C14H13BrO2/c15-12-7-8-17-14(12)13(16)11-6-5-9-3-1-2-4-10(9)11/h1-4,7-8,11,13,16H,5-6H2. The van der Waals surface area contributed by atoms with E-state index < -0.39 is 6.10 Å². The van der Waals surface area contributed by atoms with Gasteiger partial charge >= 0.3 is 0 Å². The highest BCUT2D eigenvalue weighted by Gasteiger charge is 2.31. The molecule has 1 heterocycles. The quantitative estimate of drug-likeness (QED) is 0.913. The summed E-state index contributed by atoms with van der Waals surface area (Å²) in [7, 11) is 0. The third kappa shape index (κ3) is 1.83. The molecule has 2 aromatic rings. The summed E-state index contributed by atoms with van der Waals surface area (Å²) in [5.74, 6) is 0.778. The van der Waals surface area contributed by atoms with Gasteiger partial charge in [-0.05, 0) is 46.0 Å². The van der Waals surface area contributed by atoms with E-state index in [1.165, 1.54) is 11.1 Å². The second-order valence-electron chi connectivity index (χ2n) is 4.42. The van der Waals surface area contributed by atoms with Gasteiger partial charge in [0.25, 0.3) is 0 Å². The lowest BCUT2D eigenvalue weighted by Gasteiger charge is -2.17. The number of fused-ring (bicyclic) bond motifs is 1. The SMILES string of the molecule is OC(c1occc1Br)C1CCc2ccccc21. The molecule has 88 valence electrons. The van der Waals surface area contributed by atoms with E-state index in [2.05, 4.69) is 34.1 Å². The van der Waals surface area contributed by atoms with Gasteiger partial charge in [-0.1, -0.05) is 24.3 Å². The highest BCUT2D eigenvalue weighted by Crippen LogP contribution is 2.43. The molecule has 0 amide bonds. The van der Waals surface area contributed by atoms with Crippen molar-refractivity contribution in [3.05, 3.63) is 58.0 Å². The predicted octanol–water partition coefficient (Wildman–Crippen LogP) is 3.81. The molecule has 2 nitrogen and oxygen atoms in total. The Morgan fingerprint density at radius 3 is 2.88 bits per heavy atom. The maximum Gasteiger partial charge on any atom is 0.147 e. The van der Waals surface area contributed by atoms with E-state index in [9.17, 15) is 5.11 Å². The van der Waals surface area contributed by atoms with E-state index in [1.54, 1.807) is 6.26 Å². The number of rotatable bonds is 2. The van der Waals surface area contributed by atoms with Crippen molar-refractivity contribution >= 4 is 15.9 Å². The van der Waals surface area contributed by atoms with E-state index in [0.29, 0.717) is 5.76 Å². The Balaban J connectivity index is 1.95. The van der Waals surface area contributed by atoms with Gasteiger partial charge in [0.05, 0.1) is 10.7 Å². The smallest absolute Gasteiger partial charge is 0.147 e. The average molecular weight is 293 g/mol. The minimum Gasteiger partial charge on any atom is -0.465 e. The molecule has 3 rings (SSSR count). The van der Waals surface area contributed by atoms with Crippen LogP contribution in [0.25, 0.3) is 0 Å². The largest absolute Gasteiger partial charge is 0.465 e. The molecule has 17 heavy (non-hydrogen) atoms. The molecule has 1 aliphatic rings. The normalized spacial score (nSPS) is 20.2. The first kappa shape index (κ1) is 11.1. The zero-order valence-corrected chi connectivity index (χ0v) is 10.9. The molecule has 0 radical (unpaired) electrons. The maximum atomic E-state index is 10.4. The Morgan fingerprint density at radius 2 is 2.12 bits per heavy atom. The summed E-state index contributed by atoms with van der Waals surface area (Å²) in [5, 5.41) is 10.4. The van der Waals surface area contributed by atoms with Crippen molar-refractivity contribution in [2.24, 2.45) is 0 Å². The Bertz CT molecular complexity index is 533. The molecule has 0 spiro atoms. The van der Waals surface area contributed by atoms with Crippen LogP contribution in [0.2, 0.25) is 0 Å². The van der Waals surface area contributed by atoms with Gasteiger partial charge < -0.3 is 9.52 Å².